The van der Waals surface area contributed by atoms with Gasteiger partial charge in [0.25, 0.3) is 0 Å². The number of aromatic nitrogens is 1. The van der Waals surface area contributed by atoms with Gasteiger partial charge >= 0.3 is 0 Å². The molecule has 1 aromatic heterocycles. The minimum atomic E-state index is 0.172. The quantitative estimate of drug-likeness (QED) is 0.737. The van der Waals surface area contributed by atoms with Gasteiger partial charge in [0.1, 0.15) is 0 Å². The third-order valence-electron chi connectivity index (χ3n) is 6.57. The van der Waals surface area contributed by atoms with E-state index in [-0.39, 0.29) is 11.6 Å². The fourth-order valence-corrected chi connectivity index (χ4v) is 4.67. The number of pyridine rings is 1. The summed E-state index contributed by atoms with van der Waals surface area (Å²) < 4.78 is 0. The smallest absolute Gasteiger partial charge is 0.0459 e. The molecule has 3 N–H and O–H groups in total. The van der Waals surface area contributed by atoms with Crippen molar-refractivity contribution in [3.05, 3.63) is 22.5 Å². The van der Waals surface area contributed by atoms with Crippen LogP contribution in [-0.4, -0.2) is 16.6 Å². The second kappa shape index (κ2) is 8.07. The second-order valence-electron chi connectivity index (χ2n) is 8.38. The second-order valence-corrected chi connectivity index (χ2v) is 8.38. The van der Waals surface area contributed by atoms with Crippen LogP contribution in [0, 0.1) is 0 Å². The Morgan fingerprint density at radius 3 is 1.96 bits per heavy atom. The number of anilines is 1. The standard InChI is InChI=1S/C22H37N3/c1-4-22(5-2,15-14-16(3)23)25-21-17-10-6-8-12-19(17)24-20-13-9-7-11-18(20)21/h16H,4-15,23H2,1-3H3,(H,24,25). The molecule has 0 saturated heterocycles. The average molecular weight is 344 g/mol. The molecule has 0 bridgehead atoms. The van der Waals surface area contributed by atoms with Gasteiger partial charge < -0.3 is 11.1 Å². The van der Waals surface area contributed by atoms with E-state index in [1.165, 1.54) is 68.4 Å². The van der Waals surface area contributed by atoms with Crippen LogP contribution in [0.1, 0.15) is 94.7 Å². The topological polar surface area (TPSA) is 50.9 Å². The minimum Gasteiger partial charge on any atom is -0.379 e. The van der Waals surface area contributed by atoms with E-state index in [1.807, 2.05) is 0 Å². The number of rotatable bonds is 7. The Labute approximate surface area is 154 Å². The predicted octanol–water partition coefficient (Wildman–Crippen LogP) is 4.94. The highest BCUT2D eigenvalue weighted by atomic mass is 15.0. The SMILES string of the molecule is CCC(CC)(CCC(C)N)Nc1c2c(nc3c1CCCC3)CCCC2. The maximum atomic E-state index is 6.09. The van der Waals surface area contributed by atoms with Gasteiger partial charge in [-0.15, -0.1) is 0 Å². The maximum Gasteiger partial charge on any atom is 0.0459 e. The molecule has 3 rings (SSSR count). The maximum absolute atomic E-state index is 6.09. The molecule has 1 aromatic rings. The van der Waals surface area contributed by atoms with E-state index in [2.05, 4.69) is 26.1 Å². The van der Waals surface area contributed by atoms with Crippen LogP contribution in [-0.2, 0) is 25.7 Å². The third-order valence-corrected chi connectivity index (χ3v) is 6.57. The van der Waals surface area contributed by atoms with Crippen LogP contribution in [0.25, 0.3) is 0 Å². The van der Waals surface area contributed by atoms with E-state index in [9.17, 15) is 0 Å². The van der Waals surface area contributed by atoms with Crippen molar-refractivity contribution in [3.63, 3.8) is 0 Å². The van der Waals surface area contributed by atoms with E-state index in [0.29, 0.717) is 0 Å². The lowest BCUT2D eigenvalue weighted by atomic mass is 9.82. The molecular formula is C22H37N3. The van der Waals surface area contributed by atoms with E-state index in [0.717, 1.165) is 25.7 Å². The first-order valence-corrected chi connectivity index (χ1v) is 10.7. The molecule has 25 heavy (non-hydrogen) atoms. The van der Waals surface area contributed by atoms with E-state index < -0.39 is 0 Å². The fourth-order valence-electron chi connectivity index (χ4n) is 4.67. The molecule has 3 heteroatoms. The van der Waals surface area contributed by atoms with Crippen LogP contribution in [0.3, 0.4) is 0 Å². The zero-order valence-electron chi connectivity index (χ0n) is 16.6. The van der Waals surface area contributed by atoms with Gasteiger partial charge in [-0.2, -0.15) is 0 Å². The minimum absolute atomic E-state index is 0.172. The van der Waals surface area contributed by atoms with Crippen molar-refractivity contribution in [2.24, 2.45) is 5.73 Å². The lowest BCUT2D eigenvalue weighted by Crippen LogP contribution is -2.39. The van der Waals surface area contributed by atoms with Crippen molar-refractivity contribution < 1.29 is 0 Å². The van der Waals surface area contributed by atoms with E-state index in [4.69, 9.17) is 10.7 Å². The molecule has 0 aliphatic heterocycles. The zero-order valence-corrected chi connectivity index (χ0v) is 16.6. The van der Waals surface area contributed by atoms with Gasteiger partial charge in [-0.1, -0.05) is 13.8 Å². The molecule has 1 heterocycles. The monoisotopic (exact) mass is 343 g/mol. The van der Waals surface area contributed by atoms with Crippen LogP contribution >= 0.6 is 0 Å². The summed E-state index contributed by atoms with van der Waals surface area (Å²) in [4.78, 5) is 5.11. The highest BCUT2D eigenvalue weighted by Crippen LogP contribution is 2.38. The Kier molecular flexibility index (Phi) is 6.04. The van der Waals surface area contributed by atoms with Crippen LogP contribution in [0.4, 0.5) is 5.69 Å². The Bertz CT molecular complexity index is 553. The molecule has 0 saturated carbocycles. The number of nitrogens with zero attached hydrogens (tertiary/aromatic N) is 1. The Balaban J connectivity index is 1.99. The van der Waals surface area contributed by atoms with Gasteiger partial charge in [-0.25, -0.2) is 0 Å². The fraction of sp³-hybridized carbons (Fsp3) is 0.773. The molecule has 1 atom stereocenters. The number of hydrogen-bond donors (Lipinski definition) is 2. The molecule has 0 amide bonds. The van der Waals surface area contributed by atoms with Gasteiger partial charge in [0.2, 0.25) is 0 Å². The largest absolute Gasteiger partial charge is 0.379 e. The summed E-state index contributed by atoms with van der Waals surface area (Å²) in [5.41, 5.74) is 13.6. The van der Waals surface area contributed by atoms with Crippen molar-refractivity contribution in [1.29, 1.82) is 0 Å². The molecule has 1 unspecified atom stereocenters. The van der Waals surface area contributed by atoms with Crippen LogP contribution in [0.5, 0.6) is 0 Å². The summed E-state index contributed by atoms with van der Waals surface area (Å²) in [7, 11) is 0. The lowest BCUT2D eigenvalue weighted by molar-refractivity contribution is 0.377. The normalized spacial score (nSPS) is 18.4. The molecule has 2 aliphatic rings. The highest BCUT2D eigenvalue weighted by molar-refractivity contribution is 5.63. The summed E-state index contributed by atoms with van der Waals surface area (Å²) in [5, 5.41) is 4.11. The molecule has 3 nitrogen and oxygen atoms in total. The lowest BCUT2D eigenvalue weighted by Gasteiger charge is -2.38. The highest BCUT2D eigenvalue weighted by Gasteiger charge is 2.31. The van der Waals surface area contributed by atoms with Crippen LogP contribution < -0.4 is 11.1 Å². The van der Waals surface area contributed by atoms with E-state index >= 15 is 0 Å². The van der Waals surface area contributed by atoms with Crippen molar-refractivity contribution in [1.82, 2.24) is 4.98 Å². The average Bonchev–Trinajstić information content (AvgIpc) is 2.64. The summed E-state index contributed by atoms with van der Waals surface area (Å²) in [5.74, 6) is 0. The van der Waals surface area contributed by atoms with E-state index in [1.54, 1.807) is 11.1 Å². The Hall–Kier alpha value is -1.09. The first-order valence-electron chi connectivity index (χ1n) is 10.7. The van der Waals surface area contributed by atoms with Crippen LogP contribution in [0.15, 0.2) is 0 Å². The first kappa shape index (κ1) is 18.7. The van der Waals surface area contributed by atoms with Crippen molar-refractivity contribution >= 4 is 5.69 Å². The van der Waals surface area contributed by atoms with Gasteiger partial charge in [-0.3, -0.25) is 4.98 Å². The summed E-state index contributed by atoms with van der Waals surface area (Å²) in [6.45, 7) is 6.79. The first-order chi connectivity index (χ1) is 12.1. The summed E-state index contributed by atoms with van der Waals surface area (Å²) in [6, 6.07) is 0.277. The number of aryl methyl sites for hydroxylation is 2. The number of fused-ring (bicyclic) bond motifs is 2. The zero-order chi connectivity index (χ0) is 17.9. The van der Waals surface area contributed by atoms with Gasteiger partial charge in [-0.05, 0) is 95.1 Å². The Morgan fingerprint density at radius 2 is 1.48 bits per heavy atom. The molecule has 140 valence electrons. The van der Waals surface area contributed by atoms with Crippen molar-refractivity contribution in [2.45, 2.75) is 109 Å². The third kappa shape index (κ3) is 4.02. The van der Waals surface area contributed by atoms with Crippen LogP contribution in [0.2, 0.25) is 0 Å². The van der Waals surface area contributed by atoms with Gasteiger partial charge in [0, 0.05) is 28.7 Å². The number of hydrogen-bond acceptors (Lipinski definition) is 3. The number of nitrogens with two attached hydrogens (primary N) is 1. The van der Waals surface area contributed by atoms with Gasteiger partial charge in [0.05, 0.1) is 0 Å². The molecule has 0 spiro atoms. The van der Waals surface area contributed by atoms with Crippen molar-refractivity contribution in [3.8, 4) is 0 Å². The predicted molar refractivity (Wildman–Crippen MR) is 107 cm³/mol. The molecule has 0 fully saturated rings. The molecule has 0 aromatic carbocycles. The summed E-state index contributed by atoms with van der Waals surface area (Å²) >= 11 is 0. The summed E-state index contributed by atoms with van der Waals surface area (Å²) in [6.07, 6.45) is 14.5. The van der Waals surface area contributed by atoms with Crippen molar-refractivity contribution in [2.75, 3.05) is 5.32 Å². The molecular weight excluding hydrogens is 306 g/mol. The Morgan fingerprint density at radius 1 is 0.960 bits per heavy atom. The molecule has 0 radical (unpaired) electrons. The van der Waals surface area contributed by atoms with Gasteiger partial charge in [0.15, 0.2) is 0 Å². The molecule has 2 aliphatic carbocycles. The number of nitrogens with one attached hydrogen (secondary N) is 1.